The molecule has 3 aliphatic rings. The third kappa shape index (κ3) is 3.31. The zero-order valence-electron chi connectivity index (χ0n) is 14.1. The van der Waals surface area contributed by atoms with E-state index in [2.05, 4.69) is 16.7 Å². The Morgan fingerprint density at radius 1 is 1.28 bits per heavy atom. The number of aliphatic hydroxyl groups is 1. The molecular formula is C18H24N2O5. The van der Waals surface area contributed by atoms with Crippen LogP contribution in [-0.2, 0) is 14.9 Å². The number of carbonyl (C=O) groups excluding carboxylic acids is 1. The maximum atomic E-state index is 12.4. The number of fused-ring (bicyclic) bond motifs is 1. The van der Waals surface area contributed by atoms with Gasteiger partial charge in [0.15, 0.2) is 11.5 Å². The van der Waals surface area contributed by atoms with Crippen LogP contribution >= 0.6 is 0 Å². The van der Waals surface area contributed by atoms with Gasteiger partial charge in [0.25, 0.3) is 0 Å². The number of aliphatic hydroxyl groups excluding tert-OH is 1. The highest BCUT2D eigenvalue weighted by molar-refractivity contribution is 5.82. The largest absolute Gasteiger partial charge is 0.454 e. The summed E-state index contributed by atoms with van der Waals surface area (Å²) in [6.07, 6.45) is 1.70. The molecule has 3 heterocycles. The van der Waals surface area contributed by atoms with E-state index >= 15 is 0 Å². The molecule has 0 radical (unpaired) electrons. The number of amides is 1. The molecule has 7 nitrogen and oxygen atoms in total. The van der Waals surface area contributed by atoms with Crippen LogP contribution < -0.4 is 20.1 Å². The first kappa shape index (κ1) is 16.6. The molecule has 2 atom stereocenters. The molecule has 0 saturated carbocycles. The van der Waals surface area contributed by atoms with Crippen LogP contribution in [0.3, 0.4) is 0 Å². The highest BCUT2D eigenvalue weighted by Crippen LogP contribution is 2.40. The van der Waals surface area contributed by atoms with Gasteiger partial charge >= 0.3 is 0 Å². The lowest BCUT2D eigenvalue weighted by atomic mass is 9.74. The van der Waals surface area contributed by atoms with Crippen molar-refractivity contribution in [2.24, 2.45) is 0 Å². The monoisotopic (exact) mass is 348 g/mol. The average Bonchev–Trinajstić information content (AvgIpc) is 3.28. The molecule has 2 saturated heterocycles. The third-order valence-corrected chi connectivity index (χ3v) is 5.46. The Bertz CT molecular complexity index is 644. The molecule has 0 bridgehead atoms. The van der Waals surface area contributed by atoms with E-state index in [0.29, 0.717) is 32.7 Å². The lowest BCUT2D eigenvalue weighted by Gasteiger charge is -2.38. The molecule has 0 aliphatic carbocycles. The highest BCUT2D eigenvalue weighted by atomic mass is 16.7. The van der Waals surface area contributed by atoms with Gasteiger partial charge in [-0.05, 0) is 37.0 Å². The van der Waals surface area contributed by atoms with E-state index in [9.17, 15) is 9.90 Å². The van der Waals surface area contributed by atoms with E-state index in [1.54, 1.807) is 0 Å². The number of nitrogens with one attached hydrogen (secondary N) is 2. The first-order valence-electron chi connectivity index (χ1n) is 8.83. The number of rotatable bonds is 4. The Hall–Kier alpha value is -1.83. The summed E-state index contributed by atoms with van der Waals surface area (Å²) >= 11 is 0. The van der Waals surface area contributed by atoms with E-state index in [0.717, 1.165) is 29.9 Å². The maximum Gasteiger partial charge on any atom is 0.237 e. The molecule has 136 valence electrons. The van der Waals surface area contributed by atoms with Crippen molar-refractivity contribution in [1.82, 2.24) is 10.6 Å². The summed E-state index contributed by atoms with van der Waals surface area (Å²) in [5.74, 6) is 1.47. The minimum Gasteiger partial charge on any atom is -0.454 e. The predicted octanol–water partition coefficient (Wildman–Crippen LogP) is 0.302. The van der Waals surface area contributed by atoms with Crippen LogP contribution in [0.15, 0.2) is 18.2 Å². The smallest absolute Gasteiger partial charge is 0.237 e. The normalized spacial score (nSPS) is 27.2. The quantitative estimate of drug-likeness (QED) is 0.725. The molecule has 0 aromatic heterocycles. The molecule has 0 spiro atoms. The van der Waals surface area contributed by atoms with E-state index in [1.165, 1.54) is 0 Å². The number of hydrogen-bond acceptors (Lipinski definition) is 6. The molecular weight excluding hydrogens is 324 g/mol. The second-order valence-electron chi connectivity index (χ2n) is 7.03. The van der Waals surface area contributed by atoms with Gasteiger partial charge in [-0.1, -0.05) is 6.07 Å². The molecule has 1 amide bonds. The molecule has 2 unspecified atom stereocenters. The molecule has 1 aromatic rings. The van der Waals surface area contributed by atoms with Gasteiger partial charge in [-0.2, -0.15) is 0 Å². The lowest BCUT2D eigenvalue weighted by molar-refractivity contribution is -0.123. The fourth-order valence-corrected chi connectivity index (χ4v) is 3.85. The molecule has 7 heteroatoms. The van der Waals surface area contributed by atoms with Crippen LogP contribution in [0.5, 0.6) is 11.5 Å². The van der Waals surface area contributed by atoms with Gasteiger partial charge in [0.05, 0.1) is 12.1 Å². The van der Waals surface area contributed by atoms with Crippen molar-refractivity contribution in [2.45, 2.75) is 36.8 Å². The fraction of sp³-hybridized carbons (Fsp3) is 0.611. The summed E-state index contributed by atoms with van der Waals surface area (Å²) < 4.78 is 16.5. The molecule has 25 heavy (non-hydrogen) atoms. The number of carbonyl (C=O) groups is 1. The lowest BCUT2D eigenvalue weighted by Crippen LogP contribution is -2.48. The summed E-state index contributed by atoms with van der Waals surface area (Å²) in [4.78, 5) is 12.4. The van der Waals surface area contributed by atoms with Crippen molar-refractivity contribution in [1.29, 1.82) is 0 Å². The zero-order chi connectivity index (χ0) is 17.3. The van der Waals surface area contributed by atoms with E-state index in [1.807, 2.05) is 12.1 Å². The summed E-state index contributed by atoms with van der Waals surface area (Å²) in [5, 5.41) is 15.7. The standard InChI is InChI=1S/C18H24N2O5/c21-13-8-14(19-9-13)17(22)20-10-18(3-5-23-6-4-18)12-1-2-15-16(7-12)25-11-24-15/h1-2,7,13-14,19,21H,3-6,8-11H2,(H,20,22). The summed E-state index contributed by atoms with van der Waals surface area (Å²) in [5.41, 5.74) is 0.964. The molecule has 3 aliphatic heterocycles. The number of hydrogen-bond donors (Lipinski definition) is 3. The van der Waals surface area contributed by atoms with Crippen LogP contribution in [0.4, 0.5) is 0 Å². The molecule has 3 N–H and O–H groups in total. The number of β-amino-alcohol motifs (C(OH)–C–C–N with tert-alkyl or cyclic N) is 1. The summed E-state index contributed by atoms with van der Waals surface area (Å²) in [6.45, 7) is 2.61. The Kier molecular flexibility index (Phi) is 4.54. The zero-order valence-corrected chi connectivity index (χ0v) is 14.1. The van der Waals surface area contributed by atoms with Crippen molar-refractivity contribution in [3.05, 3.63) is 23.8 Å². The first-order chi connectivity index (χ1) is 12.2. The highest BCUT2D eigenvalue weighted by Gasteiger charge is 2.37. The van der Waals surface area contributed by atoms with Gasteiger partial charge in [-0.15, -0.1) is 0 Å². The van der Waals surface area contributed by atoms with Crippen molar-refractivity contribution in [2.75, 3.05) is 33.1 Å². The van der Waals surface area contributed by atoms with Gasteiger partial charge in [-0.25, -0.2) is 0 Å². The first-order valence-corrected chi connectivity index (χ1v) is 8.83. The Labute approximate surface area is 146 Å². The van der Waals surface area contributed by atoms with Crippen LogP contribution in [-0.4, -0.2) is 56.3 Å². The maximum absolute atomic E-state index is 12.4. The van der Waals surface area contributed by atoms with Crippen LogP contribution in [0.2, 0.25) is 0 Å². The predicted molar refractivity (Wildman–Crippen MR) is 89.7 cm³/mol. The minimum absolute atomic E-state index is 0.0526. The Balaban J connectivity index is 1.50. The topological polar surface area (TPSA) is 89.1 Å². The van der Waals surface area contributed by atoms with Crippen molar-refractivity contribution in [3.8, 4) is 11.5 Å². The summed E-state index contributed by atoms with van der Waals surface area (Å²) in [6, 6.07) is 5.70. The SMILES string of the molecule is O=C(NCC1(c2ccc3c(c2)OCO3)CCOCC1)C1CC(O)CN1. The van der Waals surface area contributed by atoms with Gasteiger partial charge in [-0.3, -0.25) is 4.79 Å². The molecule has 2 fully saturated rings. The summed E-state index contributed by atoms with van der Waals surface area (Å²) in [7, 11) is 0. The number of benzene rings is 1. The van der Waals surface area contributed by atoms with Crippen molar-refractivity contribution >= 4 is 5.91 Å². The minimum atomic E-state index is -0.443. The van der Waals surface area contributed by atoms with Crippen LogP contribution in [0.25, 0.3) is 0 Å². The number of ether oxygens (including phenoxy) is 3. The van der Waals surface area contributed by atoms with Crippen molar-refractivity contribution in [3.63, 3.8) is 0 Å². The second-order valence-corrected chi connectivity index (χ2v) is 7.03. The molecule has 4 rings (SSSR count). The van der Waals surface area contributed by atoms with Crippen LogP contribution in [0, 0.1) is 0 Å². The van der Waals surface area contributed by atoms with E-state index in [-0.39, 0.29) is 24.2 Å². The third-order valence-electron chi connectivity index (χ3n) is 5.46. The molecule has 1 aromatic carbocycles. The Morgan fingerprint density at radius 3 is 2.84 bits per heavy atom. The van der Waals surface area contributed by atoms with E-state index in [4.69, 9.17) is 14.2 Å². The van der Waals surface area contributed by atoms with Gasteiger partial charge in [0, 0.05) is 31.7 Å². The Morgan fingerprint density at radius 2 is 2.08 bits per heavy atom. The van der Waals surface area contributed by atoms with Crippen LogP contribution in [0.1, 0.15) is 24.8 Å². The second kappa shape index (κ2) is 6.82. The van der Waals surface area contributed by atoms with Gasteiger partial charge in [0.2, 0.25) is 12.7 Å². The fourth-order valence-electron chi connectivity index (χ4n) is 3.85. The van der Waals surface area contributed by atoms with Gasteiger partial charge < -0.3 is 30.0 Å². The van der Waals surface area contributed by atoms with Crippen molar-refractivity contribution < 1.29 is 24.1 Å². The van der Waals surface area contributed by atoms with E-state index < -0.39 is 6.10 Å². The van der Waals surface area contributed by atoms with Gasteiger partial charge in [0.1, 0.15) is 0 Å². The average molecular weight is 348 g/mol.